The Morgan fingerprint density at radius 2 is 2.19 bits per heavy atom. The van der Waals surface area contributed by atoms with Crippen molar-refractivity contribution in [2.75, 3.05) is 6.54 Å². The van der Waals surface area contributed by atoms with Gasteiger partial charge in [-0.05, 0) is 44.6 Å². The maximum absolute atomic E-state index is 8.74. The van der Waals surface area contributed by atoms with Crippen molar-refractivity contribution in [3.8, 4) is 6.07 Å². The lowest BCUT2D eigenvalue weighted by Crippen LogP contribution is -2.20. The predicted octanol–water partition coefficient (Wildman–Crippen LogP) is 1.83. The molecule has 1 aliphatic carbocycles. The molecule has 1 fully saturated rings. The highest BCUT2D eigenvalue weighted by Crippen LogP contribution is 2.33. The second-order valence-corrected chi connectivity index (χ2v) is 4.57. The molecule has 86 valence electrons. The smallest absolute Gasteiger partial charge is 0.102 e. The molecule has 0 saturated heterocycles. The SMILES string of the molecule is N#Cc1cnn(C2CCC(CCN)CC2)c1. The fraction of sp³-hybridized carbons (Fsp3) is 0.667. The molecule has 1 aromatic heterocycles. The van der Waals surface area contributed by atoms with Crippen LogP contribution in [0.1, 0.15) is 43.7 Å². The van der Waals surface area contributed by atoms with Crippen LogP contribution in [0.4, 0.5) is 0 Å². The maximum Gasteiger partial charge on any atom is 0.102 e. The van der Waals surface area contributed by atoms with Gasteiger partial charge in [0.1, 0.15) is 6.07 Å². The Balaban J connectivity index is 1.91. The third-order valence-electron chi connectivity index (χ3n) is 3.50. The summed E-state index contributed by atoms with van der Waals surface area (Å²) in [6.45, 7) is 0.801. The maximum atomic E-state index is 8.74. The molecule has 1 saturated carbocycles. The zero-order chi connectivity index (χ0) is 11.4. The molecular formula is C12H18N4. The van der Waals surface area contributed by atoms with Gasteiger partial charge in [-0.2, -0.15) is 10.4 Å². The summed E-state index contributed by atoms with van der Waals surface area (Å²) >= 11 is 0. The summed E-state index contributed by atoms with van der Waals surface area (Å²) < 4.78 is 1.96. The summed E-state index contributed by atoms with van der Waals surface area (Å²) in [4.78, 5) is 0. The molecule has 0 bridgehead atoms. The molecule has 1 aromatic rings. The Kier molecular flexibility index (Phi) is 3.58. The quantitative estimate of drug-likeness (QED) is 0.841. The van der Waals surface area contributed by atoms with Crippen LogP contribution in [0.5, 0.6) is 0 Å². The third-order valence-corrected chi connectivity index (χ3v) is 3.50. The first-order valence-electron chi connectivity index (χ1n) is 5.98. The zero-order valence-corrected chi connectivity index (χ0v) is 9.47. The van der Waals surface area contributed by atoms with E-state index in [0.717, 1.165) is 31.7 Å². The van der Waals surface area contributed by atoms with Crippen LogP contribution in [0.3, 0.4) is 0 Å². The van der Waals surface area contributed by atoms with Crippen LogP contribution in [0.15, 0.2) is 12.4 Å². The second-order valence-electron chi connectivity index (χ2n) is 4.57. The lowest BCUT2D eigenvalue weighted by atomic mass is 9.84. The monoisotopic (exact) mass is 218 g/mol. The van der Waals surface area contributed by atoms with Crippen molar-refractivity contribution in [1.82, 2.24) is 9.78 Å². The van der Waals surface area contributed by atoms with E-state index < -0.39 is 0 Å². The molecule has 0 atom stereocenters. The number of rotatable bonds is 3. The van der Waals surface area contributed by atoms with E-state index in [-0.39, 0.29) is 0 Å². The highest BCUT2D eigenvalue weighted by molar-refractivity contribution is 5.21. The Bertz CT molecular complexity index is 369. The molecule has 0 aliphatic heterocycles. The van der Waals surface area contributed by atoms with Crippen LogP contribution in [0.25, 0.3) is 0 Å². The van der Waals surface area contributed by atoms with E-state index in [0.29, 0.717) is 11.6 Å². The molecule has 0 unspecified atom stereocenters. The van der Waals surface area contributed by atoms with Gasteiger partial charge in [0.25, 0.3) is 0 Å². The van der Waals surface area contributed by atoms with Crippen molar-refractivity contribution in [3.63, 3.8) is 0 Å². The number of aromatic nitrogens is 2. The normalized spacial score (nSPS) is 25.2. The van der Waals surface area contributed by atoms with E-state index >= 15 is 0 Å². The fourth-order valence-electron chi connectivity index (χ4n) is 2.53. The summed E-state index contributed by atoms with van der Waals surface area (Å²) in [6, 6.07) is 2.60. The highest BCUT2D eigenvalue weighted by atomic mass is 15.3. The van der Waals surface area contributed by atoms with Gasteiger partial charge in [0, 0.05) is 6.20 Å². The van der Waals surface area contributed by atoms with Crippen molar-refractivity contribution in [3.05, 3.63) is 18.0 Å². The minimum Gasteiger partial charge on any atom is -0.330 e. The molecule has 4 nitrogen and oxygen atoms in total. The Hall–Kier alpha value is -1.34. The Labute approximate surface area is 96.0 Å². The molecule has 0 amide bonds. The first-order chi connectivity index (χ1) is 7.83. The molecule has 16 heavy (non-hydrogen) atoms. The zero-order valence-electron chi connectivity index (χ0n) is 9.47. The van der Waals surface area contributed by atoms with Crippen LogP contribution in [-0.2, 0) is 0 Å². The molecule has 2 N–H and O–H groups in total. The minimum atomic E-state index is 0.483. The van der Waals surface area contributed by atoms with Gasteiger partial charge in [-0.15, -0.1) is 0 Å². The predicted molar refractivity (Wildman–Crippen MR) is 61.6 cm³/mol. The van der Waals surface area contributed by atoms with Crippen LogP contribution < -0.4 is 5.73 Å². The minimum absolute atomic E-state index is 0.483. The Morgan fingerprint density at radius 1 is 1.44 bits per heavy atom. The molecule has 2 rings (SSSR count). The first-order valence-corrected chi connectivity index (χ1v) is 5.98. The van der Waals surface area contributed by atoms with E-state index in [4.69, 9.17) is 11.0 Å². The highest BCUT2D eigenvalue weighted by Gasteiger charge is 2.22. The van der Waals surface area contributed by atoms with Crippen molar-refractivity contribution in [2.24, 2.45) is 11.7 Å². The van der Waals surface area contributed by atoms with Gasteiger partial charge in [-0.3, -0.25) is 4.68 Å². The number of nitrogens with zero attached hydrogens (tertiary/aromatic N) is 3. The van der Waals surface area contributed by atoms with Crippen molar-refractivity contribution < 1.29 is 0 Å². The average molecular weight is 218 g/mol. The van der Waals surface area contributed by atoms with E-state index in [1.54, 1.807) is 6.20 Å². The summed E-state index contributed by atoms with van der Waals surface area (Å²) in [5.41, 5.74) is 6.23. The van der Waals surface area contributed by atoms with Crippen molar-refractivity contribution in [1.29, 1.82) is 5.26 Å². The standard InChI is InChI=1S/C12H18N4/c13-6-5-10-1-3-12(4-2-10)16-9-11(7-14)8-15-16/h8-10,12H,1-6,13H2. The summed E-state index contributed by atoms with van der Waals surface area (Å²) in [5.74, 6) is 0.798. The second kappa shape index (κ2) is 5.13. The molecule has 0 radical (unpaired) electrons. The van der Waals surface area contributed by atoms with Crippen LogP contribution in [0.2, 0.25) is 0 Å². The van der Waals surface area contributed by atoms with Gasteiger partial charge in [-0.1, -0.05) is 0 Å². The number of hydrogen-bond donors (Lipinski definition) is 1. The average Bonchev–Trinajstić information content (AvgIpc) is 2.79. The van der Waals surface area contributed by atoms with Crippen molar-refractivity contribution in [2.45, 2.75) is 38.1 Å². The fourth-order valence-corrected chi connectivity index (χ4v) is 2.53. The van der Waals surface area contributed by atoms with Gasteiger partial charge >= 0.3 is 0 Å². The lowest BCUT2D eigenvalue weighted by molar-refractivity contribution is 0.253. The number of hydrogen-bond acceptors (Lipinski definition) is 3. The van der Waals surface area contributed by atoms with E-state index in [1.807, 2.05) is 10.9 Å². The largest absolute Gasteiger partial charge is 0.330 e. The van der Waals surface area contributed by atoms with E-state index in [2.05, 4.69) is 11.2 Å². The number of nitriles is 1. The van der Waals surface area contributed by atoms with Gasteiger partial charge < -0.3 is 5.73 Å². The third kappa shape index (κ3) is 2.42. The summed E-state index contributed by atoms with van der Waals surface area (Å²) in [5, 5.41) is 13.0. The van der Waals surface area contributed by atoms with E-state index in [1.165, 1.54) is 12.8 Å². The van der Waals surface area contributed by atoms with E-state index in [9.17, 15) is 0 Å². The van der Waals surface area contributed by atoms with Gasteiger partial charge in [-0.25, -0.2) is 0 Å². The molecule has 0 aromatic carbocycles. The van der Waals surface area contributed by atoms with Gasteiger partial charge in [0.05, 0.1) is 17.8 Å². The van der Waals surface area contributed by atoms with Crippen molar-refractivity contribution >= 4 is 0 Å². The van der Waals surface area contributed by atoms with Crippen LogP contribution in [-0.4, -0.2) is 16.3 Å². The number of nitrogens with two attached hydrogens (primary N) is 1. The first kappa shape index (κ1) is 11.2. The van der Waals surface area contributed by atoms with Gasteiger partial charge in [0.2, 0.25) is 0 Å². The van der Waals surface area contributed by atoms with Crippen LogP contribution >= 0.6 is 0 Å². The topological polar surface area (TPSA) is 67.6 Å². The van der Waals surface area contributed by atoms with Crippen LogP contribution in [0, 0.1) is 17.2 Å². The lowest BCUT2D eigenvalue weighted by Gasteiger charge is -2.28. The summed E-state index contributed by atoms with van der Waals surface area (Å²) in [7, 11) is 0. The molecule has 4 heteroatoms. The molecule has 1 heterocycles. The molecule has 1 aliphatic rings. The molecular weight excluding hydrogens is 200 g/mol. The van der Waals surface area contributed by atoms with Gasteiger partial charge in [0.15, 0.2) is 0 Å². The Morgan fingerprint density at radius 3 is 2.75 bits per heavy atom. The summed E-state index contributed by atoms with van der Waals surface area (Å²) in [6.07, 6.45) is 9.46. The molecule has 0 spiro atoms.